The van der Waals surface area contributed by atoms with Crippen molar-refractivity contribution >= 4 is 17.5 Å². The predicted octanol–water partition coefficient (Wildman–Crippen LogP) is 5.34. The summed E-state index contributed by atoms with van der Waals surface area (Å²) >= 11 is 0. The molecule has 0 bridgehead atoms. The number of methoxy groups -OCH3 is 1. The lowest BCUT2D eigenvalue weighted by Gasteiger charge is -2.29. The minimum atomic E-state index is -0.140. The average molecular weight is 544 g/mol. The summed E-state index contributed by atoms with van der Waals surface area (Å²) in [5, 5.41) is 11.5. The molecule has 1 aliphatic rings. The van der Waals surface area contributed by atoms with Crippen LogP contribution in [0.25, 0.3) is 0 Å². The normalized spacial score (nSPS) is 15.4. The molecular weight excluding hydrogens is 494 g/mol. The molecule has 0 aliphatic heterocycles. The lowest BCUT2D eigenvalue weighted by Crippen LogP contribution is -2.23. The van der Waals surface area contributed by atoms with E-state index < -0.39 is 0 Å². The highest BCUT2D eigenvalue weighted by Gasteiger charge is 2.29. The first-order chi connectivity index (χ1) is 18.7. The molecule has 0 radical (unpaired) electrons. The van der Waals surface area contributed by atoms with Crippen molar-refractivity contribution < 1.29 is 24.2 Å². The van der Waals surface area contributed by atoms with Gasteiger partial charge in [-0.1, -0.05) is 25.5 Å². The predicted molar refractivity (Wildman–Crippen MR) is 156 cm³/mol. The molecule has 0 unspecified atom stereocenters. The number of allylic oxidation sites excluding steroid dienone is 2. The molecule has 1 fully saturated rings. The van der Waals surface area contributed by atoms with Crippen molar-refractivity contribution in [1.29, 1.82) is 0 Å². The van der Waals surface area contributed by atoms with Gasteiger partial charge in [0.25, 0.3) is 0 Å². The number of hydrogen-bond donors (Lipinski definition) is 3. The van der Waals surface area contributed by atoms with Crippen LogP contribution in [0.5, 0.6) is 11.5 Å². The summed E-state index contributed by atoms with van der Waals surface area (Å²) in [5.74, 6) is 0.721. The Morgan fingerprint density at radius 1 is 1.18 bits per heavy atom. The molecule has 8 heteroatoms. The molecule has 1 saturated carbocycles. The van der Waals surface area contributed by atoms with Crippen LogP contribution < -0.4 is 16.2 Å². The van der Waals surface area contributed by atoms with Gasteiger partial charge in [-0.05, 0) is 94.3 Å². The Kier molecular flexibility index (Phi) is 14.6. The second-order valence-electron chi connectivity index (χ2n) is 10.7. The molecule has 0 heterocycles. The molecule has 0 spiro atoms. The van der Waals surface area contributed by atoms with E-state index in [0.29, 0.717) is 44.6 Å². The Hall–Kier alpha value is -2.87. The number of carbonyl (C=O) groups is 2. The van der Waals surface area contributed by atoms with Crippen LogP contribution >= 0.6 is 0 Å². The summed E-state index contributed by atoms with van der Waals surface area (Å²) in [6.45, 7) is 4.63. The Labute approximate surface area is 234 Å². The standard InChI is InChI=1S/C31H49N3O5/c1-4-5-6-11-25(36)16-15-23-19-28(30(37)29(20-23)39-26-12-7-8-13-26)27(17-14-22(2)35)24(21-38-3)10-9-18-34-31(32)33/h6,11,19-20,24,26-27,37H,4-5,7-10,12-18,21H2,1-3H3,(H4,32,33,34)/b11-6+/t24-,27-/m1/s1. The van der Waals surface area contributed by atoms with Crippen molar-refractivity contribution in [3.63, 3.8) is 0 Å². The smallest absolute Gasteiger partial charge is 0.185 e. The highest BCUT2D eigenvalue weighted by atomic mass is 16.5. The van der Waals surface area contributed by atoms with Gasteiger partial charge in [0, 0.05) is 38.7 Å². The number of ether oxygens (including phenoxy) is 2. The molecule has 5 N–H and O–H groups in total. The second-order valence-corrected chi connectivity index (χ2v) is 10.7. The summed E-state index contributed by atoms with van der Waals surface area (Å²) in [7, 11) is 1.66. The zero-order valence-electron chi connectivity index (χ0n) is 24.1. The number of carbonyl (C=O) groups excluding carboxylic acids is 2. The molecule has 39 heavy (non-hydrogen) atoms. The number of benzene rings is 1. The quantitative estimate of drug-likeness (QED) is 0.0927. The highest BCUT2D eigenvalue weighted by molar-refractivity contribution is 5.89. The maximum atomic E-state index is 12.5. The summed E-state index contributed by atoms with van der Waals surface area (Å²) < 4.78 is 11.9. The van der Waals surface area contributed by atoms with Crippen molar-refractivity contribution in [3.8, 4) is 11.5 Å². The number of Topliss-reactive ketones (excluding diaryl/α,β-unsaturated/α-hetero) is 1. The van der Waals surface area contributed by atoms with Crippen LogP contribution in [0, 0.1) is 5.92 Å². The number of aryl methyl sites for hydroxylation is 1. The zero-order valence-corrected chi connectivity index (χ0v) is 24.1. The highest BCUT2D eigenvalue weighted by Crippen LogP contribution is 2.44. The van der Waals surface area contributed by atoms with E-state index in [4.69, 9.17) is 20.9 Å². The molecule has 2 atom stereocenters. The third-order valence-electron chi connectivity index (χ3n) is 7.36. The molecule has 0 aromatic heterocycles. The van der Waals surface area contributed by atoms with E-state index in [1.165, 1.54) is 0 Å². The van der Waals surface area contributed by atoms with Gasteiger partial charge in [0.2, 0.25) is 0 Å². The Morgan fingerprint density at radius 2 is 1.92 bits per heavy atom. The number of nitrogens with two attached hydrogens (primary N) is 2. The third-order valence-corrected chi connectivity index (χ3v) is 7.36. The minimum absolute atomic E-state index is 0.0302. The first-order valence-corrected chi connectivity index (χ1v) is 14.5. The number of rotatable bonds is 19. The van der Waals surface area contributed by atoms with Crippen molar-refractivity contribution in [2.24, 2.45) is 22.4 Å². The summed E-state index contributed by atoms with van der Waals surface area (Å²) in [5.41, 5.74) is 12.7. The monoisotopic (exact) mass is 543 g/mol. The third kappa shape index (κ3) is 11.8. The number of aromatic hydroxyl groups is 1. The first kappa shape index (κ1) is 32.3. The fraction of sp³-hybridized carbons (Fsp3) is 0.645. The van der Waals surface area contributed by atoms with E-state index in [2.05, 4.69) is 11.9 Å². The molecule has 0 saturated heterocycles. The van der Waals surface area contributed by atoms with Crippen molar-refractivity contribution in [1.82, 2.24) is 0 Å². The van der Waals surface area contributed by atoms with Crippen molar-refractivity contribution in [2.75, 3.05) is 20.3 Å². The van der Waals surface area contributed by atoms with Crippen LogP contribution in [0.3, 0.4) is 0 Å². The molecule has 218 valence electrons. The van der Waals surface area contributed by atoms with Crippen LogP contribution in [-0.4, -0.2) is 49.0 Å². The van der Waals surface area contributed by atoms with Gasteiger partial charge in [0.15, 0.2) is 23.2 Å². The Bertz CT molecular complexity index is 965. The fourth-order valence-corrected chi connectivity index (χ4v) is 5.30. The number of unbranched alkanes of at least 4 members (excludes halogenated alkanes) is 1. The van der Waals surface area contributed by atoms with Crippen LogP contribution in [0.15, 0.2) is 29.3 Å². The van der Waals surface area contributed by atoms with E-state index >= 15 is 0 Å². The Morgan fingerprint density at radius 3 is 2.56 bits per heavy atom. The molecule has 1 aromatic rings. The molecule has 0 amide bonds. The van der Waals surface area contributed by atoms with E-state index in [-0.39, 0.29) is 41.2 Å². The molecular formula is C31H49N3O5. The van der Waals surface area contributed by atoms with Crippen molar-refractivity contribution in [3.05, 3.63) is 35.4 Å². The fourth-order valence-electron chi connectivity index (χ4n) is 5.30. The number of hydrogen-bond acceptors (Lipinski definition) is 6. The van der Waals surface area contributed by atoms with Gasteiger partial charge in [-0.15, -0.1) is 0 Å². The van der Waals surface area contributed by atoms with Crippen LogP contribution in [-0.2, 0) is 20.7 Å². The topological polar surface area (TPSA) is 137 Å². The molecule has 2 rings (SSSR count). The summed E-state index contributed by atoms with van der Waals surface area (Å²) in [4.78, 5) is 28.6. The van der Waals surface area contributed by atoms with Gasteiger partial charge >= 0.3 is 0 Å². The number of ketones is 2. The first-order valence-electron chi connectivity index (χ1n) is 14.5. The van der Waals surface area contributed by atoms with Gasteiger partial charge < -0.3 is 30.8 Å². The summed E-state index contributed by atoms with van der Waals surface area (Å²) in [6.07, 6.45) is 13.1. The average Bonchev–Trinajstić information content (AvgIpc) is 3.40. The number of nitrogens with zero attached hydrogens (tertiary/aromatic N) is 1. The van der Waals surface area contributed by atoms with E-state index in [1.54, 1.807) is 20.1 Å². The number of guanidine groups is 1. The lowest BCUT2D eigenvalue weighted by atomic mass is 9.79. The van der Waals surface area contributed by atoms with Gasteiger partial charge in [0.05, 0.1) is 6.10 Å². The summed E-state index contributed by atoms with van der Waals surface area (Å²) in [6, 6.07) is 3.87. The van der Waals surface area contributed by atoms with Crippen LogP contribution in [0.1, 0.15) is 102 Å². The van der Waals surface area contributed by atoms with Gasteiger partial charge in [0.1, 0.15) is 5.78 Å². The Balaban J connectivity index is 2.42. The van der Waals surface area contributed by atoms with Crippen molar-refractivity contribution in [2.45, 2.75) is 103 Å². The van der Waals surface area contributed by atoms with Crippen LogP contribution in [0.4, 0.5) is 0 Å². The van der Waals surface area contributed by atoms with Gasteiger partial charge in [-0.3, -0.25) is 9.79 Å². The zero-order chi connectivity index (χ0) is 28.6. The number of phenolic OH excluding ortho intramolecular Hbond substituents is 1. The molecule has 1 aliphatic carbocycles. The van der Waals surface area contributed by atoms with Crippen LogP contribution in [0.2, 0.25) is 0 Å². The largest absolute Gasteiger partial charge is 0.504 e. The number of phenols is 1. The molecule has 1 aromatic carbocycles. The SMILES string of the molecule is CCC/C=C/C(=O)CCc1cc(OC2CCCC2)c(O)c([C@H](CCC(C)=O)[C@H](CCCN=C(N)N)COC)c1. The van der Waals surface area contributed by atoms with Gasteiger partial charge in [-0.2, -0.15) is 0 Å². The number of aliphatic imine (C=N–C) groups is 1. The maximum Gasteiger partial charge on any atom is 0.185 e. The maximum absolute atomic E-state index is 12.5. The van der Waals surface area contributed by atoms with Gasteiger partial charge in [-0.25, -0.2) is 0 Å². The lowest BCUT2D eigenvalue weighted by molar-refractivity contribution is -0.117. The second kappa shape index (κ2) is 17.7. The van der Waals surface area contributed by atoms with E-state index in [9.17, 15) is 14.7 Å². The molecule has 8 nitrogen and oxygen atoms in total. The van der Waals surface area contributed by atoms with E-state index in [0.717, 1.165) is 62.5 Å². The van der Waals surface area contributed by atoms with E-state index in [1.807, 2.05) is 18.2 Å². The minimum Gasteiger partial charge on any atom is -0.504 e.